The summed E-state index contributed by atoms with van der Waals surface area (Å²) in [7, 11) is -4.22. The predicted octanol–water partition coefficient (Wildman–Crippen LogP) is 1.97. The maximum absolute atomic E-state index is 13.0. The van der Waals surface area contributed by atoms with E-state index < -0.39 is 47.1 Å². The normalized spacial score (nSPS) is 22.5. The van der Waals surface area contributed by atoms with E-state index >= 15 is 0 Å². The van der Waals surface area contributed by atoms with Crippen molar-refractivity contribution in [1.29, 1.82) is 0 Å². The molecule has 0 spiro atoms. The Balaban J connectivity index is 2.28. The van der Waals surface area contributed by atoms with Gasteiger partial charge in [-0.2, -0.15) is 17.5 Å². The summed E-state index contributed by atoms with van der Waals surface area (Å²) in [4.78, 5) is 10.8. The van der Waals surface area contributed by atoms with Gasteiger partial charge < -0.3 is 9.84 Å². The monoisotopic (exact) mass is 367 g/mol. The van der Waals surface area contributed by atoms with Gasteiger partial charge in [-0.15, -0.1) is 0 Å². The first kappa shape index (κ1) is 18.5. The maximum Gasteiger partial charge on any atom is 0.393 e. The summed E-state index contributed by atoms with van der Waals surface area (Å²) in [6, 6.07) is 5.22. The highest BCUT2D eigenvalue weighted by atomic mass is 32.2. The number of carbonyl (C=O) groups is 1. The van der Waals surface area contributed by atoms with Crippen LogP contribution >= 0.6 is 0 Å². The number of ether oxygens (including phenoxy) is 1. The molecule has 2 atom stereocenters. The molecule has 1 N–H and O–H groups in total. The van der Waals surface area contributed by atoms with Crippen molar-refractivity contribution in [3.8, 4) is 5.75 Å². The molecule has 0 aromatic heterocycles. The molecule has 0 unspecified atom stereocenters. The average Bonchev–Trinajstić information content (AvgIpc) is 2.94. The third kappa shape index (κ3) is 3.64. The highest BCUT2D eigenvalue weighted by molar-refractivity contribution is 7.89. The molecule has 2 rings (SSSR count). The van der Waals surface area contributed by atoms with Crippen molar-refractivity contribution in [2.75, 3.05) is 19.7 Å². The average molecular weight is 367 g/mol. The summed E-state index contributed by atoms with van der Waals surface area (Å²) in [5.74, 6) is -5.29. The fourth-order valence-electron chi connectivity index (χ4n) is 2.57. The third-order valence-electron chi connectivity index (χ3n) is 3.80. The first-order chi connectivity index (χ1) is 11.1. The first-order valence-electron chi connectivity index (χ1n) is 7.10. The van der Waals surface area contributed by atoms with Crippen LogP contribution in [-0.4, -0.2) is 49.7 Å². The van der Waals surface area contributed by atoms with Crippen LogP contribution < -0.4 is 4.74 Å². The largest absolute Gasteiger partial charge is 0.494 e. The van der Waals surface area contributed by atoms with E-state index in [4.69, 9.17) is 9.84 Å². The fourth-order valence-corrected chi connectivity index (χ4v) is 4.06. The van der Waals surface area contributed by atoms with Crippen LogP contribution in [0.15, 0.2) is 29.2 Å². The van der Waals surface area contributed by atoms with Crippen LogP contribution in [0.2, 0.25) is 0 Å². The molecular formula is C14H16F3NO5S. The standard InChI is InChI=1S/C14H16F3NO5S/c1-2-23-9-3-5-10(6-4-9)24(21,22)18-7-11(13(19)20)12(8-18)14(15,16)17/h3-6,11-12H,2,7-8H2,1H3,(H,19,20)/t11-,12-/m1/s1. The lowest BCUT2D eigenvalue weighted by Gasteiger charge is -2.18. The minimum absolute atomic E-state index is 0.210. The Morgan fingerprint density at radius 3 is 2.29 bits per heavy atom. The lowest BCUT2D eigenvalue weighted by Crippen LogP contribution is -2.34. The van der Waals surface area contributed by atoms with Gasteiger partial charge in [-0.05, 0) is 31.2 Å². The van der Waals surface area contributed by atoms with E-state index in [0.29, 0.717) is 16.7 Å². The second kappa shape index (κ2) is 6.60. The van der Waals surface area contributed by atoms with Crippen LogP contribution in [-0.2, 0) is 14.8 Å². The molecule has 1 aliphatic rings. The van der Waals surface area contributed by atoms with Gasteiger partial charge >= 0.3 is 12.1 Å². The molecule has 1 aromatic carbocycles. The lowest BCUT2D eigenvalue weighted by atomic mass is 9.96. The molecule has 0 saturated carbocycles. The molecular weight excluding hydrogens is 351 g/mol. The zero-order valence-electron chi connectivity index (χ0n) is 12.7. The number of aliphatic carboxylic acids is 1. The lowest BCUT2D eigenvalue weighted by molar-refractivity contribution is -0.187. The van der Waals surface area contributed by atoms with Crippen LogP contribution in [0.25, 0.3) is 0 Å². The van der Waals surface area contributed by atoms with Gasteiger partial charge in [0.05, 0.1) is 23.3 Å². The van der Waals surface area contributed by atoms with Crippen molar-refractivity contribution < 1.29 is 36.2 Å². The maximum atomic E-state index is 13.0. The van der Waals surface area contributed by atoms with Gasteiger partial charge in [0.2, 0.25) is 10.0 Å². The zero-order chi connectivity index (χ0) is 18.1. The van der Waals surface area contributed by atoms with E-state index in [1.807, 2.05) is 0 Å². The van der Waals surface area contributed by atoms with E-state index in [9.17, 15) is 26.4 Å². The SMILES string of the molecule is CCOc1ccc(S(=O)(=O)N2C[C@@H](C(F)(F)F)[C@H](C(=O)O)C2)cc1. The molecule has 0 aliphatic carbocycles. The number of carboxylic acid groups (broad SMARTS) is 1. The van der Waals surface area contributed by atoms with E-state index in [1.54, 1.807) is 6.92 Å². The second-order valence-electron chi connectivity index (χ2n) is 5.32. The van der Waals surface area contributed by atoms with Gasteiger partial charge in [0, 0.05) is 13.1 Å². The minimum Gasteiger partial charge on any atom is -0.494 e. The number of alkyl halides is 3. The summed E-state index contributed by atoms with van der Waals surface area (Å²) < 4.78 is 69.6. The summed E-state index contributed by atoms with van der Waals surface area (Å²) in [6.45, 7) is 0.509. The second-order valence-corrected chi connectivity index (χ2v) is 7.26. The number of halogens is 3. The first-order valence-corrected chi connectivity index (χ1v) is 8.54. The zero-order valence-corrected chi connectivity index (χ0v) is 13.5. The van der Waals surface area contributed by atoms with Crippen molar-refractivity contribution in [2.45, 2.75) is 18.0 Å². The van der Waals surface area contributed by atoms with Crippen molar-refractivity contribution in [3.05, 3.63) is 24.3 Å². The summed E-state index contributed by atoms with van der Waals surface area (Å²) in [5.41, 5.74) is 0. The van der Waals surface area contributed by atoms with Gasteiger partial charge in [-0.1, -0.05) is 0 Å². The Morgan fingerprint density at radius 2 is 1.88 bits per heavy atom. The molecule has 1 aromatic rings. The van der Waals surface area contributed by atoms with Gasteiger partial charge in [0.15, 0.2) is 0 Å². The summed E-state index contributed by atoms with van der Waals surface area (Å²) in [6.07, 6.45) is -4.79. The molecule has 1 fully saturated rings. The van der Waals surface area contributed by atoms with E-state index in [1.165, 1.54) is 24.3 Å². The Bertz CT molecular complexity index is 702. The van der Waals surface area contributed by atoms with Gasteiger partial charge in [0.1, 0.15) is 5.75 Å². The summed E-state index contributed by atoms with van der Waals surface area (Å²) >= 11 is 0. The molecule has 1 aliphatic heterocycles. The highest BCUT2D eigenvalue weighted by Gasteiger charge is 2.54. The number of rotatable bonds is 5. The smallest absolute Gasteiger partial charge is 0.393 e. The Kier molecular flexibility index (Phi) is 5.09. The van der Waals surface area contributed by atoms with Crippen LogP contribution in [0.3, 0.4) is 0 Å². The molecule has 10 heteroatoms. The summed E-state index contributed by atoms with van der Waals surface area (Å²) in [5, 5.41) is 8.96. The third-order valence-corrected chi connectivity index (χ3v) is 5.64. The van der Waals surface area contributed by atoms with Crippen LogP contribution in [0.4, 0.5) is 13.2 Å². The number of nitrogens with zero attached hydrogens (tertiary/aromatic N) is 1. The number of sulfonamides is 1. The van der Waals surface area contributed by atoms with E-state index in [2.05, 4.69) is 0 Å². The quantitative estimate of drug-likeness (QED) is 0.860. The van der Waals surface area contributed by atoms with Crippen LogP contribution in [0, 0.1) is 11.8 Å². The van der Waals surface area contributed by atoms with Crippen molar-refractivity contribution in [1.82, 2.24) is 4.31 Å². The Morgan fingerprint density at radius 1 is 1.29 bits per heavy atom. The molecule has 0 radical (unpaired) electrons. The topological polar surface area (TPSA) is 83.9 Å². The number of benzene rings is 1. The minimum atomic E-state index is -4.79. The van der Waals surface area contributed by atoms with Gasteiger partial charge in [0.25, 0.3) is 0 Å². The fraction of sp³-hybridized carbons (Fsp3) is 0.500. The number of hydrogen-bond acceptors (Lipinski definition) is 4. The number of hydrogen-bond donors (Lipinski definition) is 1. The van der Waals surface area contributed by atoms with Crippen LogP contribution in [0.1, 0.15) is 6.92 Å². The molecule has 0 amide bonds. The van der Waals surface area contributed by atoms with Gasteiger partial charge in [-0.25, -0.2) is 8.42 Å². The van der Waals surface area contributed by atoms with Gasteiger partial charge in [-0.3, -0.25) is 4.79 Å². The molecule has 24 heavy (non-hydrogen) atoms. The Hall–Kier alpha value is -1.81. The molecule has 1 heterocycles. The number of carboxylic acids is 1. The molecule has 0 bridgehead atoms. The predicted molar refractivity (Wildman–Crippen MR) is 77.0 cm³/mol. The van der Waals surface area contributed by atoms with E-state index in [0.717, 1.165) is 0 Å². The van der Waals surface area contributed by atoms with Crippen molar-refractivity contribution >= 4 is 16.0 Å². The van der Waals surface area contributed by atoms with E-state index in [-0.39, 0.29) is 4.90 Å². The Labute approximate surface area is 136 Å². The molecule has 1 saturated heterocycles. The molecule has 6 nitrogen and oxygen atoms in total. The molecule has 134 valence electrons. The highest BCUT2D eigenvalue weighted by Crippen LogP contribution is 2.39. The van der Waals surface area contributed by atoms with Crippen molar-refractivity contribution in [2.24, 2.45) is 11.8 Å². The van der Waals surface area contributed by atoms with Crippen LogP contribution in [0.5, 0.6) is 5.75 Å². The van der Waals surface area contributed by atoms with Crippen molar-refractivity contribution in [3.63, 3.8) is 0 Å².